The lowest BCUT2D eigenvalue weighted by molar-refractivity contribution is 0.0847. The van der Waals surface area contributed by atoms with Gasteiger partial charge in [0.2, 0.25) is 5.91 Å². The number of imidazole rings is 1. The Morgan fingerprint density at radius 2 is 2.00 bits per heavy atom. The summed E-state index contributed by atoms with van der Waals surface area (Å²) in [6.07, 6.45) is 2.49. The molecule has 0 bridgehead atoms. The fourth-order valence-corrected chi connectivity index (χ4v) is 1.85. The molecule has 1 atom stereocenters. The average Bonchev–Trinajstić information content (AvgIpc) is 2.70. The third-order valence-electron chi connectivity index (χ3n) is 3.43. The predicted octanol–water partition coefficient (Wildman–Crippen LogP) is 3.34. The first kappa shape index (κ1) is 11.8. The van der Waals surface area contributed by atoms with E-state index in [1.54, 1.807) is 10.9 Å². The highest BCUT2D eigenvalue weighted by Gasteiger charge is 2.16. The van der Waals surface area contributed by atoms with Gasteiger partial charge < -0.3 is 0 Å². The summed E-state index contributed by atoms with van der Waals surface area (Å²) in [6, 6.07) is 4.07. The number of benzene rings is 1. The van der Waals surface area contributed by atoms with E-state index in [2.05, 4.69) is 18.8 Å². The second kappa shape index (κ2) is 4.32. The van der Waals surface area contributed by atoms with Crippen molar-refractivity contribution < 1.29 is 4.79 Å². The van der Waals surface area contributed by atoms with E-state index in [9.17, 15) is 4.79 Å². The molecule has 0 fully saturated rings. The van der Waals surface area contributed by atoms with Crippen LogP contribution in [0.1, 0.15) is 36.2 Å². The van der Waals surface area contributed by atoms with Crippen molar-refractivity contribution in [2.45, 2.75) is 34.1 Å². The van der Waals surface area contributed by atoms with Crippen LogP contribution in [0.15, 0.2) is 18.5 Å². The molecule has 1 aromatic heterocycles. The van der Waals surface area contributed by atoms with E-state index in [0.29, 0.717) is 0 Å². The van der Waals surface area contributed by atoms with Crippen LogP contribution in [0, 0.1) is 19.8 Å². The maximum Gasteiger partial charge on any atom is 0.235 e. The quantitative estimate of drug-likeness (QED) is 0.793. The zero-order valence-electron chi connectivity index (χ0n) is 10.8. The van der Waals surface area contributed by atoms with Crippen LogP contribution in [0.3, 0.4) is 0 Å². The first-order valence-corrected chi connectivity index (χ1v) is 6.03. The molecule has 1 unspecified atom stereocenters. The molecule has 0 spiro atoms. The highest BCUT2D eigenvalue weighted by atomic mass is 16.2. The lowest BCUT2D eigenvalue weighted by Crippen LogP contribution is -2.17. The van der Waals surface area contributed by atoms with Gasteiger partial charge in [-0.2, -0.15) is 0 Å². The summed E-state index contributed by atoms with van der Waals surface area (Å²) >= 11 is 0. The Kier molecular flexibility index (Phi) is 3.01. The van der Waals surface area contributed by atoms with Gasteiger partial charge in [-0.3, -0.25) is 9.36 Å². The molecule has 1 aromatic carbocycles. The fourth-order valence-electron chi connectivity index (χ4n) is 1.85. The maximum absolute atomic E-state index is 12.2. The Hall–Kier alpha value is -1.64. The third kappa shape index (κ3) is 1.97. The molecule has 90 valence electrons. The van der Waals surface area contributed by atoms with Crippen molar-refractivity contribution in [1.29, 1.82) is 0 Å². The minimum Gasteiger partial charge on any atom is -0.274 e. The molecule has 1 heterocycles. The maximum atomic E-state index is 12.2. The van der Waals surface area contributed by atoms with Crippen LogP contribution >= 0.6 is 0 Å². The molecule has 0 saturated carbocycles. The molecule has 17 heavy (non-hydrogen) atoms. The smallest absolute Gasteiger partial charge is 0.235 e. The summed E-state index contributed by atoms with van der Waals surface area (Å²) in [7, 11) is 0. The van der Waals surface area contributed by atoms with Gasteiger partial charge in [-0.25, -0.2) is 4.98 Å². The van der Waals surface area contributed by atoms with Crippen LogP contribution in [0.2, 0.25) is 0 Å². The van der Waals surface area contributed by atoms with Gasteiger partial charge >= 0.3 is 0 Å². The number of hydrogen-bond donors (Lipinski definition) is 0. The van der Waals surface area contributed by atoms with Crippen LogP contribution in [-0.2, 0) is 0 Å². The van der Waals surface area contributed by atoms with Crippen LogP contribution in [0.4, 0.5) is 0 Å². The lowest BCUT2D eigenvalue weighted by atomic mass is 10.1. The number of aromatic nitrogens is 2. The van der Waals surface area contributed by atoms with Crippen molar-refractivity contribution in [3.05, 3.63) is 29.6 Å². The number of aryl methyl sites for hydroxylation is 2. The number of nitrogens with zero attached hydrogens (tertiary/aromatic N) is 2. The minimum atomic E-state index is 0.0361. The summed E-state index contributed by atoms with van der Waals surface area (Å²) in [4.78, 5) is 16.5. The Bertz CT molecular complexity index is 569. The number of fused-ring (bicyclic) bond motifs is 1. The Morgan fingerprint density at radius 1 is 1.35 bits per heavy atom. The van der Waals surface area contributed by atoms with Gasteiger partial charge in [-0.05, 0) is 43.5 Å². The van der Waals surface area contributed by atoms with E-state index >= 15 is 0 Å². The van der Waals surface area contributed by atoms with Crippen molar-refractivity contribution >= 4 is 16.9 Å². The van der Waals surface area contributed by atoms with Gasteiger partial charge in [0.05, 0.1) is 11.0 Å². The van der Waals surface area contributed by atoms with Crippen molar-refractivity contribution in [3.63, 3.8) is 0 Å². The van der Waals surface area contributed by atoms with E-state index in [1.165, 1.54) is 11.1 Å². The van der Waals surface area contributed by atoms with Crippen molar-refractivity contribution in [3.8, 4) is 0 Å². The average molecular weight is 230 g/mol. The van der Waals surface area contributed by atoms with Gasteiger partial charge in [-0.1, -0.05) is 13.8 Å². The second-order valence-corrected chi connectivity index (χ2v) is 4.69. The van der Waals surface area contributed by atoms with Gasteiger partial charge in [0.25, 0.3) is 0 Å². The molecule has 0 saturated heterocycles. The monoisotopic (exact) mass is 230 g/mol. The summed E-state index contributed by atoms with van der Waals surface area (Å²) in [5.74, 6) is 0.160. The topological polar surface area (TPSA) is 34.9 Å². The molecule has 3 heteroatoms. The molecule has 0 N–H and O–H groups in total. The van der Waals surface area contributed by atoms with Crippen LogP contribution in [0.5, 0.6) is 0 Å². The number of rotatable bonds is 2. The van der Waals surface area contributed by atoms with E-state index in [1.807, 2.05) is 26.0 Å². The molecule has 3 nitrogen and oxygen atoms in total. The molecule has 2 rings (SSSR count). The number of hydrogen-bond acceptors (Lipinski definition) is 2. The van der Waals surface area contributed by atoms with Crippen LogP contribution in [-0.4, -0.2) is 15.5 Å². The predicted molar refractivity (Wildman–Crippen MR) is 69.3 cm³/mol. The van der Waals surface area contributed by atoms with Gasteiger partial charge in [0.15, 0.2) is 0 Å². The van der Waals surface area contributed by atoms with Crippen LogP contribution < -0.4 is 0 Å². The first-order valence-electron chi connectivity index (χ1n) is 6.03. The molecule has 0 aliphatic rings. The van der Waals surface area contributed by atoms with Crippen molar-refractivity contribution in [2.75, 3.05) is 0 Å². The minimum absolute atomic E-state index is 0.0361. The van der Waals surface area contributed by atoms with Crippen molar-refractivity contribution in [2.24, 2.45) is 5.92 Å². The molecule has 2 aromatic rings. The molecular weight excluding hydrogens is 212 g/mol. The SMILES string of the molecule is CCC(C)C(=O)n1cnc2cc(C)c(C)cc21. The number of carbonyl (C=O) groups excluding carboxylic acids is 1. The second-order valence-electron chi connectivity index (χ2n) is 4.69. The highest BCUT2D eigenvalue weighted by molar-refractivity contribution is 5.91. The van der Waals surface area contributed by atoms with Gasteiger partial charge in [-0.15, -0.1) is 0 Å². The fraction of sp³-hybridized carbons (Fsp3) is 0.429. The van der Waals surface area contributed by atoms with Crippen LogP contribution in [0.25, 0.3) is 11.0 Å². The number of carbonyl (C=O) groups is 1. The standard InChI is InChI=1S/C14H18N2O/c1-5-9(2)14(17)16-8-15-12-6-10(3)11(4)7-13(12)16/h6-9H,5H2,1-4H3. The highest BCUT2D eigenvalue weighted by Crippen LogP contribution is 2.19. The zero-order chi connectivity index (χ0) is 12.6. The van der Waals surface area contributed by atoms with E-state index in [-0.39, 0.29) is 11.8 Å². The summed E-state index contributed by atoms with van der Waals surface area (Å²) in [5.41, 5.74) is 4.21. The first-order chi connectivity index (χ1) is 8.04. The lowest BCUT2D eigenvalue weighted by Gasteiger charge is -2.09. The molecule has 0 amide bonds. The largest absolute Gasteiger partial charge is 0.274 e. The Morgan fingerprint density at radius 3 is 2.65 bits per heavy atom. The molecule has 0 aliphatic carbocycles. The van der Waals surface area contributed by atoms with E-state index in [0.717, 1.165) is 17.5 Å². The summed E-state index contributed by atoms with van der Waals surface area (Å²) in [6.45, 7) is 8.09. The Labute approximate surface area is 101 Å². The molecule has 0 radical (unpaired) electrons. The normalized spacial score (nSPS) is 12.9. The summed E-state index contributed by atoms with van der Waals surface area (Å²) in [5, 5.41) is 0. The Balaban J connectivity index is 2.56. The van der Waals surface area contributed by atoms with E-state index in [4.69, 9.17) is 0 Å². The van der Waals surface area contributed by atoms with E-state index < -0.39 is 0 Å². The third-order valence-corrected chi connectivity index (χ3v) is 3.43. The molecular formula is C14H18N2O. The zero-order valence-corrected chi connectivity index (χ0v) is 10.8. The van der Waals surface area contributed by atoms with Crippen molar-refractivity contribution in [1.82, 2.24) is 9.55 Å². The summed E-state index contributed by atoms with van der Waals surface area (Å²) < 4.78 is 1.68. The van der Waals surface area contributed by atoms with Gasteiger partial charge in [0, 0.05) is 5.92 Å². The van der Waals surface area contributed by atoms with Gasteiger partial charge in [0.1, 0.15) is 6.33 Å². The molecule has 0 aliphatic heterocycles.